The van der Waals surface area contributed by atoms with E-state index in [1.807, 2.05) is 11.4 Å². The van der Waals surface area contributed by atoms with E-state index in [0.29, 0.717) is 17.8 Å². The predicted molar refractivity (Wildman–Crippen MR) is 79.3 cm³/mol. The van der Waals surface area contributed by atoms with Crippen molar-refractivity contribution in [3.05, 3.63) is 21.9 Å². The average molecular weight is 279 g/mol. The van der Waals surface area contributed by atoms with Crippen LogP contribution in [0.4, 0.5) is 0 Å². The summed E-state index contributed by atoms with van der Waals surface area (Å²) in [6.07, 6.45) is 1.45. The Bertz CT molecular complexity index is 480. The van der Waals surface area contributed by atoms with Crippen molar-refractivity contribution >= 4 is 17.2 Å². The van der Waals surface area contributed by atoms with E-state index in [4.69, 9.17) is 5.11 Å². The van der Waals surface area contributed by atoms with E-state index < -0.39 is 0 Å². The Labute approximate surface area is 119 Å². The third-order valence-corrected chi connectivity index (χ3v) is 3.93. The second-order valence-corrected chi connectivity index (χ2v) is 6.06. The normalized spacial score (nSPS) is 10.7. The van der Waals surface area contributed by atoms with Crippen LogP contribution in [0.3, 0.4) is 0 Å². The van der Waals surface area contributed by atoms with Crippen LogP contribution in [0.15, 0.2) is 11.4 Å². The molecule has 0 fully saturated rings. The van der Waals surface area contributed by atoms with Crippen molar-refractivity contribution < 1.29 is 9.90 Å². The number of hydrogen-bond donors (Lipinski definition) is 2. The van der Waals surface area contributed by atoms with Gasteiger partial charge in [0.15, 0.2) is 0 Å². The lowest BCUT2D eigenvalue weighted by Crippen LogP contribution is -2.33. The van der Waals surface area contributed by atoms with Crippen LogP contribution < -0.4 is 5.32 Å². The van der Waals surface area contributed by atoms with Gasteiger partial charge in [0.05, 0.1) is 6.61 Å². The summed E-state index contributed by atoms with van der Waals surface area (Å²) in [7, 11) is 0. The molecule has 0 unspecified atom stereocenters. The van der Waals surface area contributed by atoms with E-state index in [-0.39, 0.29) is 17.9 Å². The van der Waals surface area contributed by atoms with Gasteiger partial charge in [-0.05, 0) is 23.3 Å². The number of rotatable bonds is 5. The molecular formula is C15H21NO2S. The Balaban J connectivity index is 2.69. The molecule has 0 spiro atoms. The van der Waals surface area contributed by atoms with Crippen LogP contribution in [-0.4, -0.2) is 24.2 Å². The monoisotopic (exact) mass is 279 g/mol. The maximum atomic E-state index is 12.1. The Kier molecular flexibility index (Phi) is 6.07. The molecule has 1 aromatic heterocycles. The van der Waals surface area contributed by atoms with E-state index in [1.54, 1.807) is 0 Å². The van der Waals surface area contributed by atoms with Crippen molar-refractivity contribution in [2.24, 2.45) is 5.41 Å². The molecule has 1 amide bonds. The van der Waals surface area contributed by atoms with Gasteiger partial charge in [-0.15, -0.1) is 11.3 Å². The third kappa shape index (κ3) is 5.06. The molecule has 104 valence electrons. The van der Waals surface area contributed by atoms with Gasteiger partial charge in [-0.3, -0.25) is 4.79 Å². The van der Waals surface area contributed by atoms with Crippen LogP contribution in [0.2, 0.25) is 0 Å². The molecule has 0 aliphatic carbocycles. The van der Waals surface area contributed by atoms with Crippen molar-refractivity contribution in [1.29, 1.82) is 0 Å². The molecule has 0 aromatic carbocycles. The first kappa shape index (κ1) is 15.7. The fraction of sp³-hybridized carbons (Fsp3) is 0.533. The number of carbonyl (C=O) groups is 1. The molecule has 1 rings (SSSR count). The van der Waals surface area contributed by atoms with E-state index in [0.717, 1.165) is 12.0 Å². The van der Waals surface area contributed by atoms with Crippen LogP contribution >= 0.6 is 11.3 Å². The topological polar surface area (TPSA) is 49.3 Å². The molecule has 1 aromatic rings. The molecule has 0 saturated carbocycles. The number of hydrogen-bond acceptors (Lipinski definition) is 3. The number of aliphatic hydroxyl groups is 1. The van der Waals surface area contributed by atoms with Crippen molar-refractivity contribution in [2.45, 2.75) is 33.6 Å². The third-order valence-electron chi connectivity index (χ3n) is 3.02. The zero-order valence-corrected chi connectivity index (χ0v) is 12.6. The first-order chi connectivity index (χ1) is 9.00. The highest BCUT2D eigenvalue weighted by atomic mass is 32.1. The molecule has 0 bridgehead atoms. The summed E-state index contributed by atoms with van der Waals surface area (Å²) in [6.45, 7) is 7.07. The van der Waals surface area contributed by atoms with Crippen LogP contribution in [0, 0.1) is 17.3 Å². The summed E-state index contributed by atoms with van der Waals surface area (Å²) in [5.74, 6) is 5.70. The molecule has 0 aliphatic rings. The van der Waals surface area contributed by atoms with Gasteiger partial charge in [0.1, 0.15) is 4.88 Å². The summed E-state index contributed by atoms with van der Waals surface area (Å²) < 4.78 is 0. The van der Waals surface area contributed by atoms with Crippen LogP contribution in [-0.2, 0) is 0 Å². The standard InChI is InChI=1S/C15H21NO2S/c1-4-15(2,3)11-16-14(18)13-12(8-10-19-13)7-5-6-9-17/h8,10,17H,4,6,9,11H2,1-3H3,(H,16,18). The van der Waals surface area contributed by atoms with Crippen LogP contribution in [0.25, 0.3) is 0 Å². The number of thiophene rings is 1. The smallest absolute Gasteiger partial charge is 0.262 e. The second kappa shape index (κ2) is 7.32. The van der Waals surface area contributed by atoms with E-state index in [9.17, 15) is 4.79 Å². The van der Waals surface area contributed by atoms with Crippen LogP contribution in [0.1, 0.15) is 48.8 Å². The molecule has 19 heavy (non-hydrogen) atoms. The average Bonchev–Trinajstić information content (AvgIpc) is 2.85. The van der Waals surface area contributed by atoms with Gasteiger partial charge in [0.25, 0.3) is 5.91 Å². The van der Waals surface area contributed by atoms with E-state index >= 15 is 0 Å². The fourth-order valence-corrected chi connectivity index (χ4v) is 2.09. The van der Waals surface area contributed by atoms with Crippen LogP contribution in [0.5, 0.6) is 0 Å². The molecule has 0 atom stereocenters. The molecule has 4 heteroatoms. The highest BCUT2D eigenvalue weighted by Gasteiger charge is 2.18. The highest BCUT2D eigenvalue weighted by Crippen LogP contribution is 2.19. The van der Waals surface area contributed by atoms with Gasteiger partial charge in [0.2, 0.25) is 0 Å². The zero-order valence-electron chi connectivity index (χ0n) is 11.7. The molecule has 0 radical (unpaired) electrons. The predicted octanol–water partition coefficient (Wildman–Crippen LogP) is 2.65. The summed E-state index contributed by atoms with van der Waals surface area (Å²) in [6, 6.07) is 1.84. The lowest BCUT2D eigenvalue weighted by Gasteiger charge is -2.22. The minimum absolute atomic E-state index is 0.0450. The summed E-state index contributed by atoms with van der Waals surface area (Å²) in [5.41, 5.74) is 0.848. The summed E-state index contributed by atoms with van der Waals surface area (Å²) in [5, 5.41) is 13.5. The first-order valence-corrected chi connectivity index (χ1v) is 7.33. The summed E-state index contributed by atoms with van der Waals surface area (Å²) in [4.78, 5) is 12.8. The number of carbonyl (C=O) groups excluding carboxylic acids is 1. The fourth-order valence-electron chi connectivity index (χ4n) is 1.32. The molecular weight excluding hydrogens is 258 g/mol. The zero-order chi connectivity index (χ0) is 14.3. The number of amides is 1. The van der Waals surface area contributed by atoms with Gasteiger partial charge in [0, 0.05) is 18.5 Å². The lowest BCUT2D eigenvalue weighted by atomic mass is 9.90. The van der Waals surface area contributed by atoms with Crippen molar-refractivity contribution in [3.63, 3.8) is 0 Å². The minimum atomic E-state index is -0.0650. The number of aliphatic hydroxyl groups excluding tert-OH is 1. The Morgan fingerprint density at radius 2 is 2.26 bits per heavy atom. The van der Waals surface area contributed by atoms with Crippen molar-refractivity contribution in [2.75, 3.05) is 13.2 Å². The largest absolute Gasteiger partial charge is 0.395 e. The molecule has 0 saturated heterocycles. The first-order valence-electron chi connectivity index (χ1n) is 6.45. The second-order valence-electron chi connectivity index (χ2n) is 5.14. The quantitative estimate of drug-likeness (QED) is 0.814. The number of nitrogens with one attached hydrogen (secondary N) is 1. The molecule has 3 nitrogen and oxygen atoms in total. The Morgan fingerprint density at radius 1 is 1.53 bits per heavy atom. The summed E-state index contributed by atoms with van der Waals surface area (Å²) >= 11 is 1.40. The van der Waals surface area contributed by atoms with Gasteiger partial charge in [-0.1, -0.05) is 32.6 Å². The Morgan fingerprint density at radius 3 is 2.89 bits per heavy atom. The lowest BCUT2D eigenvalue weighted by molar-refractivity contribution is 0.0939. The van der Waals surface area contributed by atoms with Gasteiger partial charge >= 0.3 is 0 Å². The van der Waals surface area contributed by atoms with E-state index in [2.05, 4.69) is 37.9 Å². The van der Waals surface area contributed by atoms with Gasteiger partial charge in [-0.2, -0.15) is 0 Å². The van der Waals surface area contributed by atoms with Gasteiger partial charge < -0.3 is 10.4 Å². The van der Waals surface area contributed by atoms with Crippen molar-refractivity contribution in [1.82, 2.24) is 5.32 Å². The van der Waals surface area contributed by atoms with Gasteiger partial charge in [-0.25, -0.2) is 0 Å². The Hall–Kier alpha value is -1.31. The molecule has 2 N–H and O–H groups in total. The molecule has 1 heterocycles. The molecule has 0 aliphatic heterocycles. The maximum Gasteiger partial charge on any atom is 0.262 e. The minimum Gasteiger partial charge on any atom is -0.395 e. The van der Waals surface area contributed by atoms with Crippen molar-refractivity contribution in [3.8, 4) is 11.8 Å². The SMILES string of the molecule is CCC(C)(C)CNC(=O)c1sccc1C#CCCO. The van der Waals surface area contributed by atoms with E-state index in [1.165, 1.54) is 11.3 Å². The maximum absolute atomic E-state index is 12.1. The highest BCUT2D eigenvalue weighted by molar-refractivity contribution is 7.12.